The van der Waals surface area contributed by atoms with Crippen molar-refractivity contribution in [3.05, 3.63) is 35.1 Å². The van der Waals surface area contributed by atoms with Gasteiger partial charge in [-0.15, -0.1) is 0 Å². The van der Waals surface area contributed by atoms with Gasteiger partial charge < -0.3 is 10.1 Å². The minimum Gasteiger partial charge on any atom is -0.357 e. The molecule has 114 valence electrons. The van der Waals surface area contributed by atoms with Gasteiger partial charge in [-0.2, -0.15) is 5.10 Å². The van der Waals surface area contributed by atoms with Crippen molar-refractivity contribution in [3.63, 3.8) is 0 Å². The van der Waals surface area contributed by atoms with E-state index < -0.39 is 0 Å². The second-order valence-corrected chi connectivity index (χ2v) is 6.11. The molecule has 0 aliphatic carbocycles. The number of hydrogen-bond donors (Lipinski definition) is 1. The number of aromatic nitrogens is 2. The molecule has 3 heterocycles. The number of halogens is 1. The van der Waals surface area contributed by atoms with Crippen LogP contribution >= 0.6 is 11.6 Å². The maximum absolute atomic E-state index is 11.7. The van der Waals surface area contributed by atoms with Crippen LogP contribution in [0.1, 0.15) is 31.1 Å². The summed E-state index contributed by atoms with van der Waals surface area (Å²) in [5.41, 5.74) is 3.66. The normalized spacial score (nSPS) is 20.8. The van der Waals surface area contributed by atoms with Gasteiger partial charge in [0.25, 0.3) is 0 Å². The predicted octanol–water partition coefficient (Wildman–Crippen LogP) is 3.40. The van der Waals surface area contributed by atoms with E-state index >= 15 is 0 Å². The molecule has 5 nitrogen and oxygen atoms in total. The second-order valence-electron chi connectivity index (χ2n) is 5.70. The lowest BCUT2D eigenvalue weighted by Gasteiger charge is -2.22. The fourth-order valence-corrected chi connectivity index (χ4v) is 3.34. The van der Waals surface area contributed by atoms with Crippen molar-refractivity contribution >= 4 is 23.2 Å². The van der Waals surface area contributed by atoms with Crippen LogP contribution in [-0.4, -0.2) is 22.3 Å². The third kappa shape index (κ3) is 2.30. The first kappa shape index (κ1) is 13.8. The molecule has 2 aliphatic heterocycles. The number of amides is 1. The van der Waals surface area contributed by atoms with Gasteiger partial charge in [0.15, 0.2) is 0 Å². The van der Waals surface area contributed by atoms with Crippen molar-refractivity contribution in [2.24, 2.45) is 0 Å². The highest BCUT2D eigenvalue weighted by Gasteiger charge is 2.25. The Bertz CT molecular complexity index is 735. The van der Waals surface area contributed by atoms with E-state index in [-0.39, 0.29) is 12.1 Å². The molecule has 22 heavy (non-hydrogen) atoms. The van der Waals surface area contributed by atoms with E-state index in [0.717, 1.165) is 48.2 Å². The molecule has 1 fully saturated rings. The van der Waals surface area contributed by atoms with Crippen LogP contribution in [0.3, 0.4) is 0 Å². The lowest BCUT2D eigenvalue weighted by atomic mass is 10.0. The quantitative estimate of drug-likeness (QED) is 0.923. The van der Waals surface area contributed by atoms with Gasteiger partial charge in [-0.3, -0.25) is 4.79 Å². The van der Waals surface area contributed by atoms with E-state index in [1.54, 1.807) is 0 Å². The Labute approximate surface area is 133 Å². The molecule has 1 amide bonds. The molecule has 1 N–H and O–H groups in total. The number of ether oxygens (including phenoxy) is 1. The molecular weight excluding hydrogens is 302 g/mol. The van der Waals surface area contributed by atoms with Crippen LogP contribution in [0.4, 0.5) is 5.69 Å². The molecule has 1 saturated heterocycles. The van der Waals surface area contributed by atoms with Gasteiger partial charge in [-0.1, -0.05) is 17.7 Å². The molecule has 1 atom stereocenters. The monoisotopic (exact) mass is 317 g/mol. The topological polar surface area (TPSA) is 56.2 Å². The van der Waals surface area contributed by atoms with Crippen molar-refractivity contribution in [3.8, 4) is 11.1 Å². The number of fused-ring (bicyclic) bond motifs is 1. The third-order valence-corrected chi connectivity index (χ3v) is 4.54. The summed E-state index contributed by atoms with van der Waals surface area (Å²) < 4.78 is 7.63. The van der Waals surface area contributed by atoms with E-state index in [1.165, 1.54) is 0 Å². The fraction of sp³-hybridized carbons (Fsp3) is 0.375. The van der Waals surface area contributed by atoms with Crippen molar-refractivity contribution in [2.45, 2.75) is 31.9 Å². The van der Waals surface area contributed by atoms with Crippen LogP contribution in [0, 0.1) is 0 Å². The summed E-state index contributed by atoms with van der Waals surface area (Å²) in [6, 6.07) is 3.76. The molecule has 0 bridgehead atoms. The number of carbonyl (C=O) groups is 1. The van der Waals surface area contributed by atoms with E-state index in [1.807, 2.05) is 29.2 Å². The standard InChI is InChI=1S/C16H16ClN3O2/c17-13-5-4-11(12-7-14(21)19-16(12)13)10-8-18-20(9-10)15-3-1-2-6-22-15/h4-5,8-9,15H,1-3,6-7H2,(H,19,21). The van der Waals surface area contributed by atoms with Gasteiger partial charge >= 0.3 is 0 Å². The zero-order valence-electron chi connectivity index (χ0n) is 12.0. The van der Waals surface area contributed by atoms with Crippen LogP contribution in [0.25, 0.3) is 11.1 Å². The highest BCUT2D eigenvalue weighted by Crippen LogP contribution is 2.38. The molecule has 0 spiro atoms. The van der Waals surface area contributed by atoms with E-state index in [4.69, 9.17) is 16.3 Å². The van der Waals surface area contributed by atoms with E-state index in [9.17, 15) is 4.79 Å². The van der Waals surface area contributed by atoms with E-state index in [2.05, 4.69) is 10.4 Å². The molecule has 4 rings (SSSR count). The Balaban J connectivity index is 1.70. The number of carbonyl (C=O) groups excluding carboxylic acids is 1. The fourth-order valence-electron chi connectivity index (χ4n) is 3.12. The van der Waals surface area contributed by atoms with Crippen LogP contribution < -0.4 is 5.32 Å². The lowest BCUT2D eigenvalue weighted by Crippen LogP contribution is -2.18. The molecular formula is C16H16ClN3O2. The highest BCUT2D eigenvalue weighted by molar-refractivity contribution is 6.34. The van der Waals surface area contributed by atoms with Crippen LogP contribution in [-0.2, 0) is 16.0 Å². The summed E-state index contributed by atoms with van der Waals surface area (Å²) in [6.45, 7) is 0.786. The first-order valence-corrected chi connectivity index (χ1v) is 7.87. The summed E-state index contributed by atoms with van der Waals surface area (Å²) in [6.07, 6.45) is 7.45. The Hall–Kier alpha value is -1.85. The van der Waals surface area contributed by atoms with Crippen molar-refractivity contribution in [1.29, 1.82) is 0 Å². The minimum absolute atomic E-state index is 0.0163. The van der Waals surface area contributed by atoms with Crippen LogP contribution in [0.2, 0.25) is 5.02 Å². The van der Waals surface area contributed by atoms with Gasteiger partial charge in [0.05, 0.1) is 23.3 Å². The number of benzene rings is 1. The van der Waals surface area contributed by atoms with E-state index in [0.29, 0.717) is 11.4 Å². The molecule has 2 aliphatic rings. The first-order valence-electron chi connectivity index (χ1n) is 7.50. The Kier molecular flexibility index (Phi) is 3.39. The second kappa shape index (κ2) is 5.41. The summed E-state index contributed by atoms with van der Waals surface area (Å²) in [5.74, 6) is -0.0210. The minimum atomic E-state index is -0.0210. The van der Waals surface area contributed by atoms with Crippen LogP contribution in [0.15, 0.2) is 24.5 Å². The molecule has 2 aromatic rings. The lowest BCUT2D eigenvalue weighted by molar-refractivity contribution is -0.115. The predicted molar refractivity (Wildman–Crippen MR) is 83.8 cm³/mol. The van der Waals surface area contributed by atoms with Crippen molar-refractivity contribution in [1.82, 2.24) is 9.78 Å². The van der Waals surface area contributed by atoms with Crippen molar-refractivity contribution < 1.29 is 9.53 Å². The highest BCUT2D eigenvalue weighted by atomic mass is 35.5. The van der Waals surface area contributed by atoms with Gasteiger partial charge in [-0.05, 0) is 36.5 Å². The SMILES string of the molecule is O=C1Cc2c(-c3cnn(C4CCCCO4)c3)ccc(Cl)c2N1. The number of rotatable bonds is 2. The molecule has 0 saturated carbocycles. The van der Waals surface area contributed by atoms with Gasteiger partial charge in [0.1, 0.15) is 6.23 Å². The smallest absolute Gasteiger partial charge is 0.228 e. The Morgan fingerprint density at radius 2 is 2.27 bits per heavy atom. The summed E-state index contributed by atoms with van der Waals surface area (Å²) in [4.78, 5) is 11.7. The molecule has 6 heteroatoms. The summed E-state index contributed by atoms with van der Waals surface area (Å²) >= 11 is 6.17. The zero-order chi connectivity index (χ0) is 15.1. The molecule has 1 unspecified atom stereocenters. The molecule has 1 aromatic heterocycles. The Morgan fingerprint density at radius 3 is 3.09 bits per heavy atom. The largest absolute Gasteiger partial charge is 0.357 e. The number of nitrogens with zero attached hydrogens (tertiary/aromatic N) is 2. The maximum atomic E-state index is 11.7. The maximum Gasteiger partial charge on any atom is 0.228 e. The van der Waals surface area contributed by atoms with Crippen molar-refractivity contribution in [2.75, 3.05) is 11.9 Å². The average molecular weight is 318 g/mol. The zero-order valence-corrected chi connectivity index (χ0v) is 12.8. The average Bonchev–Trinajstić information content (AvgIpc) is 3.16. The third-order valence-electron chi connectivity index (χ3n) is 4.23. The number of nitrogens with one attached hydrogen (secondary N) is 1. The molecule has 1 aromatic carbocycles. The number of anilines is 1. The first-order chi connectivity index (χ1) is 10.7. The number of hydrogen-bond acceptors (Lipinski definition) is 3. The molecule has 0 radical (unpaired) electrons. The van der Waals surface area contributed by atoms with Crippen LogP contribution in [0.5, 0.6) is 0 Å². The van der Waals surface area contributed by atoms with Gasteiger partial charge in [0, 0.05) is 18.4 Å². The Morgan fingerprint density at radius 1 is 1.36 bits per heavy atom. The van der Waals surface area contributed by atoms with Gasteiger partial charge in [-0.25, -0.2) is 4.68 Å². The summed E-state index contributed by atoms with van der Waals surface area (Å²) in [7, 11) is 0. The summed E-state index contributed by atoms with van der Waals surface area (Å²) in [5, 5.41) is 7.84. The van der Waals surface area contributed by atoms with Gasteiger partial charge in [0.2, 0.25) is 5.91 Å².